The van der Waals surface area contributed by atoms with E-state index in [1.807, 2.05) is 0 Å². The van der Waals surface area contributed by atoms with Crippen molar-refractivity contribution in [2.24, 2.45) is 10.4 Å². The summed E-state index contributed by atoms with van der Waals surface area (Å²) in [7, 11) is -3.95. The third kappa shape index (κ3) is 5.16. The van der Waals surface area contributed by atoms with E-state index in [9.17, 15) is 30.8 Å². The van der Waals surface area contributed by atoms with Crippen LogP contribution in [0.2, 0.25) is 5.02 Å². The summed E-state index contributed by atoms with van der Waals surface area (Å²) in [5, 5.41) is 3.26. The van der Waals surface area contributed by atoms with Gasteiger partial charge < -0.3 is 5.32 Å². The summed E-state index contributed by atoms with van der Waals surface area (Å²) in [6, 6.07) is 11.5. The van der Waals surface area contributed by atoms with Crippen molar-refractivity contribution in [2.45, 2.75) is 87.1 Å². The highest BCUT2D eigenvalue weighted by Crippen LogP contribution is 2.71. The molecule has 0 amide bonds. The Balaban J connectivity index is 1.36. The minimum atomic E-state index is -4.32. The van der Waals surface area contributed by atoms with Crippen molar-refractivity contribution in [1.29, 1.82) is 0 Å². The van der Waals surface area contributed by atoms with Gasteiger partial charge in [-0.1, -0.05) is 35.9 Å². The first-order valence-corrected chi connectivity index (χ1v) is 14.9. The summed E-state index contributed by atoms with van der Waals surface area (Å²) < 4.78 is 81.0. The fourth-order valence-corrected chi connectivity index (χ4v) is 8.22. The lowest BCUT2D eigenvalue weighted by Gasteiger charge is -2.73. The SMILES string of the molecule is CC1(C)NC(C23CC(N(Cc4ccc(Cl)c(F)c4)S(=O)(=O)c4ccccc4)(C2)C3)=N[C@@H]1C(=O)CCCC(F)(F)F. The average molecular weight is 600 g/mol. The van der Waals surface area contributed by atoms with Gasteiger partial charge in [-0.2, -0.15) is 17.5 Å². The number of nitrogens with zero attached hydrogens (tertiary/aromatic N) is 2. The molecule has 6 nitrogen and oxygen atoms in total. The molecule has 2 aromatic carbocycles. The summed E-state index contributed by atoms with van der Waals surface area (Å²) in [6.07, 6.45) is -4.47. The Labute approximate surface area is 235 Å². The molecular formula is C28H30ClF4N3O3S. The van der Waals surface area contributed by atoms with E-state index in [4.69, 9.17) is 11.6 Å². The van der Waals surface area contributed by atoms with Gasteiger partial charge in [0.2, 0.25) is 10.0 Å². The Kier molecular flexibility index (Phi) is 7.11. The second kappa shape index (κ2) is 9.80. The fourth-order valence-electron chi connectivity index (χ4n) is 6.32. The van der Waals surface area contributed by atoms with Crippen molar-refractivity contribution in [3.8, 4) is 0 Å². The van der Waals surface area contributed by atoms with Gasteiger partial charge in [-0.25, -0.2) is 12.8 Å². The van der Waals surface area contributed by atoms with Crippen LogP contribution in [0, 0.1) is 11.2 Å². The molecule has 1 aliphatic heterocycles. The van der Waals surface area contributed by atoms with Crippen LogP contribution in [0.1, 0.15) is 57.9 Å². The van der Waals surface area contributed by atoms with Crippen LogP contribution >= 0.6 is 11.6 Å². The van der Waals surface area contributed by atoms with Crippen LogP contribution < -0.4 is 5.32 Å². The monoisotopic (exact) mass is 599 g/mol. The molecule has 2 bridgehead atoms. The van der Waals surface area contributed by atoms with Crippen molar-refractivity contribution >= 4 is 33.2 Å². The topological polar surface area (TPSA) is 78.8 Å². The Bertz CT molecular complexity index is 1440. The number of carbonyl (C=O) groups excluding carboxylic acids is 1. The van der Waals surface area contributed by atoms with Gasteiger partial charge in [0.05, 0.1) is 15.5 Å². The lowest BCUT2D eigenvalue weighted by atomic mass is 9.38. The Morgan fingerprint density at radius 3 is 2.38 bits per heavy atom. The Hall–Kier alpha value is -2.50. The van der Waals surface area contributed by atoms with E-state index in [0.29, 0.717) is 30.7 Å². The first-order valence-electron chi connectivity index (χ1n) is 13.0. The fraction of sp³-hybridized carbons (Fsp3) is 0.500. The van der Waals surface area contributed by atoms with Crippen molar-refractivity contribution in [1.82, 2.24) is 9.62 Å². The second-order valence-electron chi connectivity index (χ2n) is 11.8. The van der Waals surface area contributed by atoms with Crippen LogP contribution in [-0.2, 0) is 21.4 Å². The van der Waals surface area contributed by atoms with Gasteiger partial charge in [0.25, 0.3) is 0 Å². The quantitative estimate of drug-likeness (QED) is 0.338. The van der Waals surface area contributed by atoms with Gasteiger partial charge in [-0.15, -0.1) is 0 Å². The highest BCUT2D eigenvalue weighted by Gasteiger charge is 2.75. The van der Waals surface area contributed by atoms with Crippen LogP contribution in [0.15, 0.2) is 58.4 Å². The van der Waals surface area contributed by atoms with Crippen molar-refractivity contribution in [3.05, 3.63) is 64.9 Å². The van der Waals surface area contributed by atoms with Gasteiger partial charge in [0.1, 0.15) is 17.7 Å². The number of rotatable bonds is 10. The Morgan fingerprint density at radius 2 is 1.77 bits per heavy atom. The van der Waals surface area contributed by atoms with Crippen LogP contribution in [0.3, 0.4) is 0 Å². The molecule has 1 atom stereocenters. The Morgan fingerprint density at radius 1 is 1.12 bits per heavy atom. The molecule has 2 aromatic rings. The van der Waals surface area contributed by atoms with Gasteiger partial charge >= 0.3 is 6.18 Å². The molecule has 1 N–H and O–H groups in total. The summed E-state index contributed by atoms with van der Waals surface area (Å²) in [5.74, 6) is -0.387. The predicted octanol–water partition coefficient (Wildman–Crippen LogP) is 6.04. The number of benzene rings is 2. The third-order valence-corrected chi connectivity index (χ3v) is 10.5. The largest absolute Gasteiger partial charge is 0.389 e. The molecule has 1 heterocycles. The second-order valence-corrected chi connectivity index (χ2v) is 14.0. The number of aliphatic imine (C=N–C) groups is 1. The number of amidine groups is 1. The van der Waals surface area contributed by atoms with E-state index in [1.54, 1.807) is 38.1 Å². The predicted molar refractivity (Wildman–Crippen MR) is 143 cm³/mol. The maximum atomic E-state index is 14.2. The zero-order chi connectivity index (χ0) is 29.1. The van der Waals surface area contributed by atoms with E-state index in [1.165, 1.54) is 28.6 Å². The van der Waals surface area contributed by atoms with E-state index >= 15 is 0 Å². The van der Waals surface area contributed by atoms with E-state index in [-0.39, 0.29) is 35.1 Å². The molecule has 3 aliphatic carbocycles. The molecule has 3 saturated carbocycles. The number of halogens is 5. The first kappa shape index (κ1) is 29.0. The number of hydrogen-bond donors (Lipinski definition) is 1. The van der Waals surface area contributed by atoms with Crippen molar-refractivity contribution in [3.63, 3.8) is 0 Å². The molecule has 4 aliphatic rings. The highest BCUT2D eigenvalue weighted by atomic mass is 35.5. The van der Waals surface area contributed by atoms with E-state index < -0.39 is 51.0 Å². The van der Waals surface area contributed by atoms with Gasteiger partial charge in [-0.3, -0.25) is 9.79 Å². The molecule has 12 heteroatoms. The minimum Gasteiger partial charge on any atom is -0.366 e. The molecular weight excluding hydrogens is 570 g/mol. The number of carbonyl (C=O) groups is 1. The number of hydrogen-bond acceptors (Lipinski definition) is 5. The maximum Gasteiger partial charge on any atom is 0.389 e. The smallest absolute Gasteiger partial charge is 0.366 e. The van der Waals surface area contributed by atoms with E-state index in [0.717, 1.165) is 0 Å². The average Bonchev–Trinajstić information content (AvgIpc) is 3.13. The summed E-state index contributed by atoms with van der Waals surface area (Å²) >= 11 is 5.83. The standard InChI is InChI=1S/C28H30ClF4N3O3S/c1-25(2)23(22(37)9-6-12-28(31,32)33)34-24(35-25)26-15-27(16-26,17-26)36(14-18-10-11-20(29)21(30)13-18)40(38,39)19-7-4-3-5-8-19/h3-5,7-8,10-11,13,23H,6,9,12,14-17H2,1-2H3,(H,34,35)/t23-,26?,27?/m1/s1. The molecule has 0 spiro atoms. The summed E-state index contributed by atoms with van der Waals surface area (Å²) in [6.45, 7) is 3.53. The maximum absolute atomic E-state index is 14.2. The zero-order valence-corrected chi connectivity index (χ0v) is 23.6. The molecule has 40 heavy (non-hydrogen) atoms. The highest BCUT2D eigenvalue weighted by molar-refractivity contribution is 7.89. The van der Waals surface area contributed by atoms with Crippen molar-refractivity contribution < 1.29 is 30.8 Å². The molecule has 0 saturated heterocycles. The number of sulfonamides is 1. The number of Topliss-reactive ketones (excluding diaryl/α,β-unsaturated/α-hetero) is 1. The molecule has 0 unspecified atom stereocenters. The molecule has 0 aromatic heterocycles. The number of nitrogens with one attached hydrogen (secondary N) is 1. The van der Waals surface area contributed by atoms with Crippen LogP contribution in [-0.4, -0.2) is 47.6 Å². The third-order valence-electron chi connectivity index (χ3n) is 8.25. The number of alkyl halides is 3. The normalized spacial score (nSPS) is 27.0. The van der Waals surface area contributed by atoms with Gasteiger partial charge in [-0.05, 0) is 69.4 Å². The van der Waals surface area contributed by atoms with Gasteiger partial charge in [0.15, 0.2) is 5.78 Å². The first-order chi connectivity index (χ1) is 18.6. The molecule has 6 rings (SSSR count). The van der Waals surface area contributed by atoms with Crippen LogP contribution in [0.4, 0.5) is 17.6 Å². The van der Waals surface area contributed by atoms with E-state index in [2.05, 4.69) is 10.3 Å². The minimum absolute atomic E-state index is 0.0485. The number of ketones is 1. The lowest BCUT2D eigenvalue weighted by molar-refractivity contribution is -0.151. The molecule has 3 fully saturated rings. The molecule has 216 valence electrons. The van der Waals surface area contributed by atoms with Crippen LogP contribution in [0.25, 0.3) is 0 Å². The lowest BCUT2D eigenvalue weighted by Crippen LogP contribution is -2.78. The van der Waals surface area contributed by atoms with Crippen molar-refractivity contribution in [2.75, 3.05) is 0 Å². The molecule has 0 radical (unpaired) electrons. The summed E-state index contributed by atoms with van der Waals surface area (Å²) in [4.78, 5) is 17.6. The van der Waals surface area contributed by atoms with Gasteiger partial charge in [0, 0.05) is 30.3 Å². The summed E-state index contributed by atoms with van der Waals surface area (Å²) in [5.41, 5.74) is -1.48. The zero-order valence-electron chi connectivity index (χ0n) is 22.1. The van der Waals surface area contributed by atoms with Crippen LogP contribution in [0.5, 0.6) is 0 Å².